The first-order valence-electron chi connectivity index (χ1n) is 10.0. The van der Waals surface area contributed by atoms with Gasteiger partial charge in [-0.3, -0.25) is 9.59 Å². The molecule has 29 heavy (non-hydrogen) atoms. The molecule has 2 aromatic carbocycles. The van der Waals surface area contributed by atoms with Crippen molar-refractivity contribution in [1.82, 2.24) is 4.90 Å². The Bertz CT molecular complexity index is 835. The SMILES string of the molecule is CCCOc1ccc(C(=O)Nc2cccc(CN(CC)C(C)=O)c2)cc1OCC. The van der Waals surface area contributed by atoms with Gasteiger partial charge in [-0.05, 0) is 56.2 Å². The van der Waals surface area contributed by atoms with Crippen LogP contribution in [0.5, 0.6) is 11.5 Å². The molecule has 2 aromatic rings. The van der Waals surface area contributed by atoms with E-state index in [1.807, 2.05) is 45.0 Å². The summed E-state index contributed by atoms with van der Waals surface area (Å²) >= 11 is 0. The third-order valence-corrected chi connectivity index (χ3v) is 4.35. The van der Waals surface area contributed by atoms with Crippen LogP contribution >= 0.6 is 0 Å². The Hall–Kier alpha value is -3.02. The molecule has 0 aliphatic heterocycles. The molecular weight excluding hydrogens is 368 g/mol. The average molecular weight is 399 g/mol. The fourth-order valence-electron chi connectivity index (χ4n) is 2.87. The number of carbonyl (C=O) groups is 2. The minimum absolute atomic E-state index is 0.0239. The van der Waals surface area contributed by atoms with Crippen molar-refractivity contribution in [2.45, 2.75) is 40.7 Å². The number of amides is 2. The normalized spacial score (nSPS) is 10.3. The highest BCUT2D eigenvalue weighted by Crippen LogP contribution is 2.29. The third kappa shape index (κ3) is 6.52. The second kappa shape index (κ2) is 11.1. The number of carbonyl (C=O) groups excluding carboxylic acids is 2. The number of nitrogens with one attached hydrogen (secondary N) is 1. The van der Waals surface area contributed by atoms with E-state index >= 15 is 0 Å². The second-order valence-electron chi connectivity index (χ2n) is 6.63. The lowest BCUT2D eigenvalue weighted by atomic mass is 10.1. The topological polar surface area (TPSA) is 67.9 Å². The van der Waals surface area contributed by atoms with Crippen molar-refractivity contribution in [3.63, 3.8) is 0 Å². The number of hydrogen-bond donors (Lipinski definition) is 1. The van der Waals surface area contributed by atoms with Crippen molar-refractivity contribution in [3.8, 4) is 11.5 Å². The first-order chi connectivity index (χ1) is 14.0. The summed E-state index contributed by atoms with van der Waals surface area (Å²) in [5.41, 5.74) is 2.12. The molecule has 6 heteroatoms. The molecule has 2 amide bonds. The molecule has 0 aromatic heterocycles. The molecule has 0 saturated heterocycles. The van der Waals surface area contributed by atoms with Crippen LogP contribution in [0.4, 0.5) is 5.69 Å². The van der Waals surface area contributed by atoms with E-state index in [1.165, 1.54) is 0 Å². The summed E-state index contributed by atoms with van der Waals surface area (Å²) in [6.07, 6.45) is 0.892. The first kappa shape index (κ1) is 22.3. The predicted molar refractivity (Wildman–Crippen MR) is 115 cm³/mol. The van der Waals surface area contributed by atoms with Gasteiger partial charge in [-0.15, -0.1) is 0 Å². The van der Waals surface area contributed by atoms with Gasteiger partial charge in [0.25, 0.3) is 5.91 Å². The monoisotopic (exact) mass is 398 g/mol. The third-order valence-electron chi connectivity index (χ3n) is 4.35. The van der Waals surface area contributed by atoms with Crippen LogP contribution in [0, 0.1) is 0 Å². The van der Waals surface area contributed by atoms with Gasteiger partial charge in [0.2, 0.25) is 5.91 Å². The van der Waals surface area contributed by atoms with E-state index in [0.29, 0.717) is 49.1 Å². The van der Waals surface area contributed by atoms with Gasteiger partial charge >= 0.3 is 0 Å². The van der Waals surface area contributed by atoms with Crippen LogP contribution in [0.3, 0.4) is 0 Å². The molecule has 0 aliphatic carbocycles. The number of anilines is 1. The zero-order chi connectivity index (χ0) is 21.2. The summed E-state index contributed by atoms with van der Waals surface area (Å²) in [6.45, 7) is 9.64. The molecular formula is C23H30N2O4. The standard InChI is InChI=1S/C23H30N2O4/c1-5-13-29-21-12-11-19(15-22(21)28-7-3)23(27)24-20-10-8-9-18(14-20)16-25(6-2)17(4)26/h8-12,14-15H,5-7,13,16H2,1-4H3,(H,24,27). The van der Waals surface area contributed by atoms with Gasteiger partial charge in [0.05, 0.1) is 13.2 Å². The largest absolute Gasteiger partial charge is 0.490 e. The van der Waals surface area contributed by atoms with Gasteiger partial charge in [0.15, 0.2) is 11.5 Å². The maximum absolute atomic E-state index is 12.7. The molecule has 0 bridgehead atoms. The van der Waals surface area contributed by atoms with E-state index in [-0.39, 0.29) is 11.8 Å². The van der Waals surface area contributed by atoms with Crippen molar-refractivity contribution >= 4 is 17.5 Å². The lowest BCUT2D eigenvalue weighted by Gasteiger charge is -2.19. The molecule has 0 heterocycles. The van der Waals surface area contributed by atoms with Crippen LogP contribution in [-0.2, 0) is 11.3 Å². The van der Waals surface area contributed by atoms with Crippen molar-refractivity contribution in [1.29, 1.82) is 0 Å². The second-order valence-corrected chi connectivity index (χ2v) is 6.63. The maximum Gasteiger partial charge on any atom is 0.255 e. The van der Waals surface area contributed by atoms with Gasteiger partial charge in [-0.2, -0.15) is 0 Å². The number of nitrogens with zero attached hydrogens (tertiary/aromatic N) is 1. The minimum Gasteiger partial charge on any atom is -0.490 e. The lowest BCUT2D eigenvalue weighted by molar-refractivity contribution is -0.129. The highest BCUT2D eigenvalue weighted by atomic mass is 16.5. The predicted octanol–water partition coefficient (Wildman–Crippen LogP) is 4.49. The molecule has 0 atom stereocenters. The number of rotatable bonds is 10. The summed E-state index contributed by atoms with van der Waals surface area (Å²) in [5.74, 6) is 0.985. The van der Waals surface area contributed by atoms with Gasteiger partial charge in [-0.1, -0.05) is 19.1 Å². The molecule has 2 rings (SSSR count). The van der Waals surface area contributed by atoms with Crippen molar-refractivity contribution in [3.05, 3.63) is 53.6 Å². The molecule has 0 unspecified atom stereocenters. The van der Waals surface area contributed by atoms with E-state index in [9.17, 15) is 9.59 Å². The Labute approximate surface area is 172 Å². The summed E-state index contributed by atoms with van der Waals surface area (Å²) in [7, 11) is 0. The molecule has 0 aliphatic rings. The molecule has 6 nitrogen and oxygen atoms in total. The minimum atomic E-state index is -0.232. The molecule has 0 radical (unpaired) electrons. The highest BCUT2D eigenvalue weighted by Gasteiger charge is 2.13. The van der Waals surface area contributed by atoms with Crippen molar-refractivity contribution < 1.29 is 19.1 Å². The number of ether oxygens (including phenoxy) is 2. The summed E-state index contributed by atoms with van der Waals surface area (Å²) in [5, 5.41) is 2.91. The molecule has 0 fully saturated rings. The molecule has 0 saturated carbocycles. The van der Waals surface area contributed by atoms with Crippen LogP contribution in [0.2, 0.25) is 0 Å². The van der Waals surface area contributed by atoms with Crippen LogP contribution in [-0.4, -0.2) is 36.5 Å². The van der Waals surface area contributed by atoms with Gasteiger partial charge < -0.3 is 19.7 Å². The fourth-order valence-corrected chi connectivity index (χ4v) is 2.87. The van der Waals surface area contributed by atoms with E-state index < -0.39 is 0 Å². The number of benzene rings is 2. The fraction of sp³-hybridized carbons (Fsp3) is 0.391. The van der Waals surface area contributed by atoms with Gasteiger partial charge in [0.1, 0.15) is 0 Å². The number of hydrogen-bond acceptors (Lipinski definition) is 4. The smallest absolute Gasteiger partial charge is 0.255 e. The zero-order valence-corrected chi connectivity index (χ0v) is 17.7. The van der Waals surface area contributed by atoms with Crippen LogP contribution < -0.4 is 14.8 Å². The lowest BCUT2D eigenvalue weighted by Crippen LogP contribution is -2.27. The zero-order valence-electron chi connectivity index (χ0n) is 17.7. The quantitative estimate of drug-likeness (QED) is 0.640. The summed E-state index contributed by atoms with van der Waals surface area (Å²) in [4.78, 5) is 26.1. The van der Waals surface area contributed by atoms with Gasteiger partial charge in [-0.25, -0.2) is 0 Å². The highest BCUT2D eigenvalue weighted by molar-refractivity contribution is 6.04. The van der Waals surface area contributed by atoms with E-state index in [1.54, 1.807) is 30.0 Å². The van der Waals surface area contributed by atoms with Crippen molar-refractivity contribution in [2.24, 2.45) is 0 Å². The van der Waals surface area contributed by atoms with Crippen molar-refractivity contribution in [2.75, 3.05) is 25.1 Å². The van der Waals surface area contributed by atoms with E-state index in [2.05, 4.69) is 5.32 Å². The Morgan fingerprint density at radius 2 is 1.79 bits per heavy atom. The summed E-state index contributed by atoms with van der Waals surface area (Å²) < 4.78 is 11.3. The van der Waals surface area contributed by atoms with Gasteiger partial charge in [0, 0.05) is 31.3 Å². The molecule has 1 N–H and O–H groups in total. The Morgan fingerprint density at radius 1 is 1.00 bits per heavy atom. The summed E-state index contributed by atoms with van der Waals surface area (Å²) in [6, 6.07) is 12.7. The van der Waals surface area contributed by atoms with E-state index in [0.717, 1.165) is 12.0 Å². The van der Waals surface area contributed by atoms with Crippen LogP contribution in [0.25, 0.3) is 0 Å². The van der Waals surface area contributed by atoms with Crippen LogP contribution in [0.15, 0.2) is 42.5 Å². The molecule has 156 valence electrons. The van der Waals surface area contributed by atoms with E-state index in [4.69, 9.17) is 9.47 Å². The Balaban J connectivity index is 2.14. The Kier molecular flexibility index (Phi) is 8.52. The average Bonchev–Trinajstić information content (AvgIpc) is 2.71. The van der Waals surface area contributed by atoms with Crippen LogP contribution in [0.1, 0.15) is 50.0 Å². The first-order valence-corrected chi connectivity index (χ1v) is 10.0. The maximum atomic E-state index is 12.7. The Morgan fingerprint density at radius 3 is 2.45 bits per heavy atom. The molecule has 0 spiro atoms.